The first kappa shape index (κ1) is 4.28. The first-order valence-electron chi connectivity index (χ1n) is 0.885. The molecule has 0 bridgehead atoms. The lowest BCUT2D eigenvalue weighted by Gasteiger charge is -1.46. The Labute approximate surface area is 35.4 Å². The molecule has 0 aromatic heterocycles. The Kier molecular flexibility index (Phi) is 3.52. The zero-order valence-corrected chi connectivity index (χ0v) is 3.70. The molecule has 0 amide bonds. The summed E-state index contributed by atoms with van der Waals surface area (Å²) >= 11 is 2.94. The molecule has 2 radical (unpaired) electrons. The lowest BCUT2D eigenvalue weighted by atomic mass is 10.2. The first-order valence-corrected chi connectivity index (χ1v) is 1.80. The summed E-state index contributed by atoms with van der Waals surface area (Å²) in [5.74, 6) is 1.42. The van der Waals surface area contributed by atoms with Crippen molar-refractivity contribution in [3.05, 3.63) is 11.0 Å². The highest BCUT2D eigenvalue weighted by molar-refractivity contribution is 9.11. The third-order valence-electron chi connectivity index (χ3n) is 0.0727. The van der Waals surface area contributed by atoms with Crippen molar-refractivity contribution in [2.75, 3.05) is 0 Å². The van der Waals surface area contributed by atoms with Crippen LogP contribution in [0.2, 0.25) is 0 Å². The molecule has 0 aromatic rings. The van der Waals surface area contributed by atoms with Crippen LogP contribution in [0, 0.1) is 0 Å². The zero-order chi connectivity index (χ0) is 3.41. The summed E-state index contributed by atoms with van der Waals surface area (Å²) < 4.78 is 0. The average molecular weight is 117 g/mol. The molecule has 0 fully saturated rings. The first-order chi connectivity index (χ1) is 1.91. The van der Waals surface area contributed by atoms with Crippen molar-refractivity contribution in [1.29, 1.82) is 0 Å². The van der Waals surface area contributed by atoms with E-state index in [0.717, 1.165) is 0 Å². The summed E-state index contributed by atoms with van der Waals surface area (Å²) in [5.41, 5.74) is 0. The zero-order valence-electron chi connectivity index (χ0n) is 2.11. The number of hydrogen-bond acceptors (Lipinski definition) is 0. The quantitative estimate of drug-likeness (QED) is 0.415. The van der Waals surface area contributed by atoms with Gasteiger partial charge in [0, 0.05) is 0 Å². The molecule has 0 aliphatic rings. The molecule has 0 atom stereocenters. The molecule has 0 saturated heterocycles. The van der Waals surface area contributed by atoms with Gasteiger partial charge >= 0.3 is 0 Å². The van der Waals surface area contributed by atoms with E-state index in [2.05, 4.69) is 15.9 Å². The minimum absolute atomic E-state index is 1.42. The van der Waals surface area contributed by atoms with E-state index in [0.29, 0.717) is 0 Å². The Morgan fingerprint density at radius 3 is 2.00 bits per heavy atom. The Balaban J connectivity index is 2.55. The van der Waals surface area contributed by atoms with Gasteiger partial charge in [0.1, 0.15) is 7.85 Å². The van der Waals surface area contributed by atoms with E-state index in [-0.39, 0.29) is 0 Å². The second-order valence-corrected chi connectivity index (χ2v) is 0.847. The summed E-state index contributed by atoms with van der Waals surface area (Å²) in [6.07, 6.45) is 0. The van der Waals surface area contributed by atoms with Crippen molar-refractivity contribution in [1.82, 2.24) is 0 Å². The Morgan fingerprint density at radius 1 is 1.75 bits per heavy atom. The van der Waals surface area contributed by atoms with E-state index in [4.69, 9.17) is 7.85 Å². The van der Waals surface area contributed by atoms with E-state index in [1.807, 2.05) is 0 Å². The number of hydrogen-bond donors (Lipinski definition) is 0. The second-order valence-electron chi connectivity index (χ2n) is 0.318. The molecule has 0 rings (SSSR count). The predicted octanol–water partition coefficient (Wildman–Crippen LogP) is 1.02. The molecule has 0 aliphatic heterocycles. The monoisotopic (exact) mass is 116 g/mol. The van der Waals surface area contributed by atoms with Gasteiger partial charge in [-0.1, -0.05) is 15.9 Å². The number of rotatable bonds is 0. The molecule has 0 saturated carbocycles. The van der Waals surface area contributed by atoms with Gasteiger partial charge in [-0.25, -0.2) is 0 Å². The van der Waals surface area contributed by atoms with Gasteiger partial charge in [-0.2, -0.15) is 0 Å². The van der Waals surface area contributed by atoms with Gasteiger partial charge in [0.2, 0.25) is 0 Å². The van der Waals surface area contributed by atoms with Crippen molar-refractivity contribution in [2.24, 2.45) is 0 Å². The molecule has 2 heteroatoms. The predicted molar refractivity (Wildman–Crippen MR) is 23.8 cm³/mol. The summed E-state index contributed by atoms with van der Waals surface area (Å²) in [6, 6.07) is 0. The maximum Gasteiger partial charge on any atom is 0.103 e. The SMILES string of the molecule is [B]C=CBr. The maximum atomic E-state index is 4.80. The Morgan fingerprint density at radius 2 is 2.00 bits per heavy atom. The normalized spacial score (nSPS) is 9.25. The fraction of sp³-hybridized carbons (Fsp3) is 0. The third-order valence-corrected chi connectivity index (χ3v) is 0.378. The lowest BCUT2D eigenvalue weighted by molar-refractivity contribution is 2.57. The smallest absolute Gasteiger partial charge is 0.103 e. The maximum absolute atomic E-state index is 4.80. The van der Waals surface area contributed by atoms with Crippen LogP contribution in [0.25, 0.3) is 0 Å². The third kappa shape index (κ3) is 2.28. The van der Waals surface area contributed by atoms with E-state index in [9.17, 15) is 0 Å². The van der Waals surface area contributed by atoms with Crippen molar-refractivity contribution in [3.63, 3.8) is 0 Å². The Hall–Kier alpha value is 0.285. The van der Waals surface area contributed by atoms with E-state index < -0.39 is 0 Å². The highest BCUT2D eigenvalue weighted by atomic mass is 79.9. The molecule has 4 heavy (non-hydrogen) atoms. The van der Waals surface area contributed by atoms with Crippen molar-refractivity contribution < 1.29 is 0 Å². The largest absolute Gasteiger partial charge is 0.125 e. The van der Waals surface area contributed by atoms with Gasteiger partial charge in [0.25, 0.3) is 0 Å². The average Bonchev–Trinajstić information content (AvgIpc) is 1.37. The van der Waals surface area contributed by atoms with Gasteiger partial charge in [0.15, 0.2) is 0 Å². The van der Waals surface area contributed by atoms with Gasteiger partial charge in [0.05, 0.1) is 0 Å². The van der Waals surface area contributed by atoms with Gasteiger partial charge < -0.3 is 0 Å². The van der Waals surface area contributed by atoms with E-state index in [1.165, 1.54) is 5.98 Å². The van der Waals surface area contributed by atoms with E-state index in [1.54, 1.807) is 4.99 Å². The summed E-state index contributed by atoms with van der Waals surface area (Å²) in [5, 5.41) is 0. The van der Waals surface area contributed by atoms with Crippen LogP contribution >= 0.6 is 15.9 Å². The summed E-state index contributed by atoms with van der Waals surface area (Å²) in [7, 11) is 4.80. The van der Waals surface area contributed by atoms with Crippen LogP contribution in [0.3, 0.4) is 0 Å². The molecular weight excluding hydrogens is 115 g/mol. The summed E-state index contributed by atoms with van der Waals surface area (Å²) in [6.45, 7) is 0. The molecular formula is C2H2BBr. The molecule has 20 valence electrons. The molecule has 0 unspecified atom stereocenters. The van der Waals surface area contributed by atoms with Crippen molar-refractivity contribution in [3.8, 4) is 0 Å². The van der Waals surface area contributed by atoms with Crippen molar-refractivity contribution >= 4 is 23.8 Å². The fourth-order valence-corrected chi connectivity index (χ4v) is 0. The van der Waals surface area contributed by atoms with Crippen LogP contribution < -0.4 is 0 Å². The fourth-order valence-electron chi connectivity index (χ4n) is 0. The van der Waals surface area contributed by atoms with Gasteiger partial charge in [-0.3, -0.25) is 0 Å². The molecule has 0 aromatic carbocycles. The van der Waals surface area contributed by atoms with Crippen LogP contribution in [-0.4, -0.2) is 7.85 Å². The molecule has 0 aliphatic carbocycles. The Bertz CT molecular complexity index is 21.2. The molecule has 0 spiro atoms. The highest BCUT2D eigenvalue weighted by Gasteiger charge is 1.37. The van der Waals surface area contributed by atoms with Crippen LogP contribution in [-0.2, 0) is 0 Å². The standard InChI is InChI=1S/C2H2BBr/c3-1-2-4/h1-2H. The van der Waals surface area contributed by atoms with Crippen molar-refractivity contribution in [2.45, 2.75) is 0 Å². The minimum atomic E-state index is 1.42. The van der Waals surface area contributed by atoms with Gasteiger partial charge in [-0.15, -0.1) is 5.98 Å². The number of halogens is 1. The van der Waals surface area contributed by atoms with Crippen LogP contribution in [0.5, 0.6) is 0 Å². The summed E-state index contributed by atoms with van der Waals surface area (Å²) in [4.78, 5) is 1.59. The minimum Gasteiger partial charge on any atom is -0.125 e. The molecule has 0 heterocycles. The second kappa shape index (κ2) is 3.28. The topological polar surface area (TPSA) is 0 Å². The highest BCUT2D eigenvalue weighted by Crippen LogP contribution is 1.73. The lowest BCUT2D eigenvalue weighted by Crippen LogP contribution is -1.35. The van der Waals surface area contributed by atoms with Crippen LogP contribution in [0.1, 0.15) is 0 Å². The van der Waals surface area contributed by atoms with Crippen LogP contribution in [0.15, 0.2) is 11.0 Å². The molecule has 0 nitrogen and oxygen atoms in total. The van der Waals surface area contributed by atoms with Gasteiger partial charge in [-0.05, 0) is 4.99 Å². The molecule has 0 N–H and O–H groups in total. The van der Waals surface area contributed by atoms with Crippen LogP contribution in [0.4, 0.5) is 0 Å². The van der Waals surface area contributed by atoms with E-state index >= 15 is 0 Å².